The van der Waals surface area contributed by atoms with Crippen molar-refractivity contribution in [1.29, 1.82) is 0 Å². The van der Waals surface area contributed by atoms with Crippen LogP contribution in [0.1, 0.15) is 11.4 Å². The zero-order chi connectivity index (χ0) is 10.8. The van der Waals surface area contributed by atoms with E-state index < -0.39 is 0 Å². The maximum absolute atomic E-state index is 12.7. The third kappa shape index (κ3) is 2.21. The molecular weight excluding hydrogens is 211 g/mol. The Morgan fingerprint density at radius 3 is 2.40 bits per heavy atom. The van der Waals surface area contributed by atoms with E-state index in [2.05, 4.69) is 10.2 Å². The summed E-state index contributed by atoms with van der Waals surface area (Å²) in [6, 6.07) is 6.47. The highest BCUT2D eigenvalue weighted by molar-refractivity contribution is 7.99. The molecule has 0 saturated heterocycles. The van der Waals surface area contributed by atoms with Gasteiger partial charge in [-0.1, -0.05) is 11.8 Å². The Bertz CT molecular complexity index is 442. The molecule has 1 aromatic carbocycles. The number of hydrogen-bond acceptors (Lipinski definition) is 2. The first-order chi connectivity index (χ1) is 7.16. The maximum atomic E-state index is 12.7. The minimum atomic E-state index is -0.208. The second-order valence-corrected chi connectivity index (χ2v) is 4.40. The standard InChI is InChI=1S/C11H11FN2S/c1-7-11(8(2)14-13-7)15-10-5-3-9(12)4-6-10/h3-6H,1-2H3,(H,13,14). The quantitative estimate of drug-likeness (QED) is 0.844. The van der Waals surface area contributed by atoms with Gasteiger partial charge in [0.2, 0.25) is 0 Å². The average Bonchev–Trinajstić information content (AvgIpc) is 2.53. The fourth-order valence-electron chi connectivity index (χ4n) is 1.31. The zero-order valence-electron chi connectivity index (χ0n) is 8.54. The van der Waals surface area contributed by atoms with Gasteiger partial charge in [0, 0.05) is 10.6 Å². The van der Waals surface area contributed by atoms with Crippen LogP contribution in [0, 0.1) is 19.7 Å². The highest BCUT2D eigenvalue weighted by atomic mass is 32.2. The molecule has 0 bridgehead atoms. The van der Waals surface area contributed by atoms with E-state index in [0.717, 1.165) is 21.2 Å². The Morgan fingerprint density at radius 2 is 1.87 bits per heavy atom. The summed E-state index contributed by atoms with van der Waals surface area (Å²) >= 11 is 1.60. The molecule has 0 fully saturated rings. The molecule has 0 aliphatic carbocycles. The van der Waals surface area contributed by atoms with Gasteiger partial charge in [0.1, 0.15) is 5.82 Å². The van der Waals surface area contributed by atoms with Crippen molar-refractivity contribution in [2.24, 2.45) is 0 Å². The number of H-pyrrole nitrogens is 1. The Morgan fingerprint density at radius 1 is 1.20 bits per heavy atom. The van der Waals surface area contributed by atoms with Crippen molar-refractivity contribution in [3.05, 3.63) is 41.5 Å². The van der Waals surface area contributed by atoms with Gasteiger partial charge in [-0.15, -0.1) is 0 Å². The number of nitrogens with one attached hydrogen (secondary N) is 1. The Hall–Kier alpha value is -1.29. The van der Waals surface area contributed by atoms with Crippen LogP contribution in [0.3, 0.4) is 0 Å². The van der Waals surface area contributed by atoms with Crippen LogP contribution < -0.4 is 0 Å². The number of aromatic amines is 1. The van der Waals surface area contributed by atoms with E-state index in [4.69, 9.17) is 0 Å². The predicted octanol–water partition coefficient (Wildman–Crippen LogP) is 3.32. The van der Waals surface area contributed by atoms with Gasteiger partial charge in [-0.2, -0.15) is 5.10 Å². The van der Waals surface area contributed by atoms with Gasteiger partial charge in [0.05, 0.1) is 10.6 Å². The molecular formula is C11H11FN2S. The van der Waals surface area contributed by atoms with Crippen molar-refractivity contribution in [2.75, 3.05) is 0 Å². The first-order valence-corrected chi connectivity index (χ1v) is 5.43. The molecule has 0 saturated carbocycles. The molecule has 4 heteroatoms. The van der Waals surface area contributed by atoms with E-state index in [9.17, 15) is 4.39 Å². The van der Waals surface area contributed by atoms with Crippen molar-refractivity contribution < 1.29 is 4.39 Å². The molecule has 1 heterocycles. The number of aryl methyl sites for hydroxylation is 2. The lowest BCUT2D eigenvalue weighted by molar-refractivity contribution is 0.626. The molecule has 0 aliphatic rings. The molecule has 2 rings (SSSR count). The lowest BCUT2D eigenvalue weighted by Crippen LogP contribution is -1.78. The van der Waals surface area contributed by atoms with Gasteiger partial charge < -0.3 is 0 Å². The lowest BCUT2D eigenvalue weighted by Gasteiger charge is -2.00. The van der Waals surface area contributed by atoms with Gasteiger partial charge in [0.25, 0.3) is 0 Å². The van der Waals surface area contributed by atoms with E-state index in [1.807, 2.05) is 13.8 Å². The first-order valence-electron chi connectivity index (χ1n) is 4.62. The number of halogens is 1. The fourth-order valence-corrected chi connectivity index (χ4v) is 2.21. The minimum Gasteiger partial charge on any atom is -0.281 e. The van der Waals surface area contributed by atoms with E-state index >= 15 is 0 Å². The molecule has 0 aliphatic heterocycles. The van der Waals surface area contributed by atoms with E-state index in [1.165, 1.54) is 12.1 Å². The van der Waals surface area contributed by atoms with Gasteiger partial charge in [0.15, 0.2) is 0 Å². The molecule has 0 atom stereocenters. The largest absolute Gasteiger partial charge is 0.281 e. The molecule has 0 radical (unpaired) electrons. The van der Waals surface area contributed by atoms with Crippen molar-refractivity contribution >= 4 is 11.8 Å². The lowest BCUT2D eigenvalue weighted by atomic mass is 10.3. The van der Waals surface area contributed by atoms with Crippen LogP contribution in [0.25, 0.3) is 0 Å². The number of aromatic nitrogens is 2. The van der Waals surface area contributed by atoms with Crippen LogP contribution in [-0.2, 0) is 0 Å². The molecule has 0 amide bonds. The van der Waals surface area contributed by atoms with E-state index in [-0.39, 0.29) is 5.82 Å². The van der Waals surface area contributed by atoms with Crippen LogP contribution in [0.4, 0.5) is 4.39 Å². The smallest absolute Gasteiger partial charge is 0.123 e. The Balaban J connectivity index is 2.25. The summed E-state index contributed by atoms with van der Waals surface area (Å²) in [7, 11) is 0. The number of rotatable bonds is 2. The topological polar surface area (TPSA) is 28.7 Å². The Labute approximate surface area is 91.9 Å². The molecule has 2 nitrogen and oxygen atoms in total. The van der Waals surface area contributed by atoms with Crippen molar-refractivity contribution in [2.45, 2.75) is 23.6 Å². The normalized spacial score (nSPS) is 10.6. The molecule has 15 heavy (non-hydrogen) atoms. The minimum absolute atomic E-state index is 0.208. The third-order valence-electron chi connectivity index (χ3n) is 2.09. The maximum Gasteiger partial charge on any atom is 0.123 e. The highest BCUT2D eigenvalue weighted by Crippen LogP contribution is 2.31. The number of nitrogens with zero attached hydrogens (tertiary/aromatic N) is 1. The summed E-state index contributed by atoms with van der Waals surface area (Å²) in [5.74, 6) is -0.208. The summed E-state index contributed by atoms with van der Waals surface area (Å²) < 4.78 is 12.7. The predicted molar refractivity (Wildman–Crippen MR) is 58.6 cm³/mol. The van der Waals surface area contributed by atoms with Crippen LogP contribution >= 0.6 is 11.8 Å². The van der Waals surface area contributed by atoms with Crippen LogP contribution in [0.15, 0.2) is 34.1 Å². The number of hydrogen-bond donors (Lipinski definition) is 1. The Kier molecular flexibility index (Phi) is 2.77. The summed E-state index contributed by atoms with van der Waals surface area (Å²) in [5, 5.41) is 7.03. The van der Waals surface area contributed by atoms with Crippen LogP contribution in [0.5, 0.6) is 0 Å². The highest BCUT2D eigenvalue weighted by Gasteiger charge is 2.07. The average molecular weight is 222 g/mol. The van der Waals surface area contributed by atoms with Crippen molar-refractivity contribution in [1.82, 2.24) is 10.2 Å². The van der Waals surface area contributed by atoms with E-state index in [1.54, 1.807) is 23.9 Å². The fraction of sp³-hybridized carbons (Fsp3) is 0.182. The van der Waals surface area contributed by atoms with Gasteiger partial charge in [-0.25, -0.2) is 4.39 Å². The summed E-state index contributed by atoms with van der Waals surface area (Å²) in [6.07, 6.45) is 0. The first kappa shape index (κ1) is 10.2. The van der Waals surface area contributed by atoms with Gasteiger partial charge in [-0.05, 0) is 38.1 Å². The van der Waals surface area contributed by atoms with Crippen LogP contribution in [0.2, 0.25) is 0 Å². The summed E-state index contributed by atoms with van der Waals surface area (Å²) in [5.41, 5.74) is 2.02. The van der Waals surface area contributed by atoms with E-state index in [0.29, 0.717) is 0 Å². The molecule has 78 valence electrons. The monoisotopic (exact) mass is 222 g/mol. The molecule has 1 aromatic heterocycles. The molecule has 1 N–H and O–H groups in total. The van der Waals surface area contributed by atoms with Crippen molar-refractivity contribution in [3.63, 3.8) is 0 Å². The zero-order valence-corrected chi connectivity index (χ0v) is 9.36. The second-order valence-electron chi connectivity index (χ2n) is 3.32. The summed E-state index contributed by atoms with van der Waals surface area (Å²) in [4.78, 5) is 2.13. The molecule has 0 spiro atoms. The second kappa shape index (κ2) is 4.06. The molecule has 2 aromatic rings. The molecule has 0 unspecified atom stereocenters. The van der Waals surface area contributed by atoms with Gasteiger partial charge in [-0.3, -0.25) is 5.10 Å². The number of benzene rings is 1. The van der Waals surface area contributed by atoms with Crippen molar-refractivity contribution in [3.8, 4) is 0 Å². The van der Waals surface area contributed by atoms with Gasteiger partial charge >= 0.3 is 0 Å². The summed E-state index contributed by atoms with van der Waals surface area (Å²) in [6.45, 7) is 3.93. The van der Waals surface area contributed by atoms with Crippen LogP contribution in [-0.4, -0.2) is 10.2 Å². The SMILES string of the molecule is Cc1n[nH]c(C)c1Sc1ccc(F)cc1. The third-order valence-corrected chi connectivity index (χ3v) is 3.41.